The van der Waals surface area contributed by atoms with Crippen molar-refractivity contribution in [2.45, 2.75) is 50.6 Å². The van der Waals surface area contributed by atoms with Gasteiger partial charge in [0.1, 0.15) is 6.04 Å². The van der Waals surface area contributed by atoms with Crippen molar-refractivity contribution in [3.63, 3.8) is 0 Å². The number of thiophene rings is 1. The predicted molar refractivity (Wildman–Crippen MR) is 155 cm³/mol. The molecular weight excluding hydrogens is 494 g/mol. The molecule has 2 heterocycles. The molecule has 38 heavy (non-hydrogen) atoms. The number of rotatable bonds is 14. The number of hydrogen-bond acceptors (Lipinski definition) is 5. The number of unbranched alkanes of at least 4 members (excludes halogenated alkanes) is 1. The fraction of sp³-hybridized carbons (Fsp3) is 0.333. The summed E-state index contributed by atoms with van der Waals surface area (Å²) in [7, 11) is 0. The van der Waals surface area contributed by atoms with Crippen molar-refractivity contribution in [3.05, 3.63) is 93.8 Å². The number of benzene rings is 2. The molecule has 7 N–H and O–H groups in total. The minimum absolute atomic E-state index is 0.213. The van der Waals surface area contributed by atoms with Crippen LogP contribution in [0.25, 0.3) is 10.9 Å². The highest BCUT2D eigenvalue weighted by molar-refractivity contribution is 7.12. The summed E-state index contributed by atoms with van der Waals surface area (Å²) in [4.78, 5) is 32.2. The highest BCUT2D eigenvalue weighted by Crippen LogP contribution is 2.20. The first-order valence-corrected chi connectivity index (χ1v) is 14.1. The SMILES string of the molecule is NCCCCc1ccc(CCNC(=O)[C@H](Cc2c[nH]c3ccccc23)NC(=O)[C@@H](N)Cc2ccccc2)s1. The average Bonchev–Trinajstić information content (AvgIpc) is 3.56. The van der Waals surface area contributed by atoms with Crippen LogP contribution < -0.4 is 22.1 Å². The highest BCUT2D eigenvalue weighted by Gasteiger charge is 2.25. The van der Waals surface area contributed by atoms with Crippen LogP contribution in [-0.4, -0.2) is 42.0 Å². The quantitative estimate of drug-likeness (QED) is 0.160. The Bertz CT molecular complexity index is 1320. The Morgan fingerprint density at radius 3 is 2.39 bits per heavy atom. The minimum Gasteiger partial charge on any atom is -0.361 e. The van der Waals surface area contributed by atoms with E-state index in [2.05, 4.69) is 27.8 Å². The third kappa shape index (κ3) is 7.77. The zero-order valence-electron chi connectivity index (χ0n) is 21.6. The number of nitrogens with one attached hydrogen (secondary N) is 3. The van der Waals surface area contributed by atoms with Crippen molar-refractivity contribution < 1.29 is 9.59 Å². The molecule has 4 aromatic rings. The number of carbonyl (C=O) groups excluding carboxylic acids is 2. The van der Waals surface area contributed by atoms with E-state index in [4.69, 9.17) is 11.5 Å². The molecule has 2 amide bonds. The van der Waals surface area contributed by atoms with Crippen LogP contribution in [0.3, 0.4) is 0 Å². The van der Waals surface area contributed by atoms with Crippen molar-refractivity contribution in [2.75, 3.05) is 13.1 Å². The molecule has 0 aliphatic carbocycles. The van der Waals surface area contributed by atoms with Gasteiger partial charge in [0, 0.05) is 39.8 Å². The number of para-hydroxylation sites is 1. The summed E-state index contributed by atoms with van der Waals surface area (Å²) in [5.74, 6) is -0.551. The fourth-order valence-electron chi connectivity index (χ4n) is 4.54. The maximum absolute atomic E-state index is 13.3. The van der Waals surface area contributed by atoms with Crippen molar-refractivity contribution in [3.8, 4) is 0 Å². The monoisotopic (exact) mass is 531 g/mol. The molecule has 0 spiro atoms. The summed E-state index contributed by atoms with van der Waals surface area (Å²) in [6.07, 6.45) is 6.57. The van der Waals surface area contributed by atoms with Gasteiger partial charge in [-0.2, -0.15) is 0 Å². The Hall–Kier alpha value is -3.46. The lowest BCUT2D eigenvalue weighted by Gasteiger charge is -2.21. The van der Waals surface area contributed by atoms with E-state index in [1.54, 1.807) is 11.3 Å². The van der Waals surface area contributed by atoms with Crippen molar-refractivity contribution >= 4 is 34.1 Å². The van der Waals surface area contributed by atoms with Crippen LogP contribution >= 0.6 is 11.3 Å². The maximum atomic E-state index is 13.3. The van der Waals surface area contributed by atoms with Crippen LogP contribution in [0.1, 0.15) is 33.7 Å². The molecule has 0 saturated heterocycles. The van der Waals surface area contributed by atoms with E-state index in [9.17, 15) is 9.59 Å². The van der Waals surface area contributed by atoms with Crippen LogP contribution in [0.5, 0.6) is 0 Å². The van der Waals surface area contributed by atoms with E-state index < -0.39 is 12.1 Å². The van der Waals surface area contributed by atoms with Gasteiger partial charge in [-0.15, -0.1) is 11.3 Å². The van der Waals surface area contributed by atoms with Gasteiger partial charge >= 0.3 is 0 Å². The zero-order chi connectivity index (χ0) is 26.7. The van der Waals surface area contributed by atoms with E-state index in [0.717, 1.165) is 54.3 Å². The molecule has 0 aliphatic rings. The van der Waals surface area contributed by atoms with E-state index in [1.807, 2.05) is 60.8 Å². The molecule has 2 atom stereocenters. The van der Waals surface area contributed by atoms with E-state index in [-0.39, 0.29) is 11.8 Å². The molecule has 2 aromatic carbocycles. The molecular formula is C30H37N5O2S. The van der Waals surface area contributed by atoms with Gasteiger partial charge in [0.15, 0.2) is 0 Å². The smallest absolute Gasteiger partial charge is 0.242 e. The van der Waals surface area contributed by atoms with E-state index >= 15 is 0 Å². The van der Waals surface area contributed by atoms with Crippen LogP contribution in [0.15, 0.2) is 72.9 Å². The standard InChI is InChI=1S/C30H37N5O2S/c31-16-7-6-10-23-13-14-24(38-23)15-17-33-30(37)28(19-22-20-34-27-12-5-4-11-25(22)27)35-29(36)26(32)18-21-8-2-1-3-9-21/h1-5,8-9,11-14,20,26,28,34H,6-7,10,15-19,31-32H2,(H,33,37)(H,35,36)/t26-,28-/m0/s1. The predicted octanol–water partition coefficient (Wildman–Crippen LogP) is 3.47. The summed E-state index contributed by atoms with van der Waals surface area (Å²) < 4.78 is 0. The summed E-state index contributed by atoms with van der Waals surface area (Å²) >= 11 is 1.78. The first-order valence-electron chi connectivity index (χ1n) is 13.2. The molecule has 7 nitrogen and oxygen atoms in total. The zero-order valence-corrected chi connectivity index (χ0v) is 22.4. The van der Waals surface area contributed by atoms with Gasteiger partial charge in [-0.25, -0.2) is 0 Å². The van der Waals surface area contributed by atoms with Crippen LogP contribution in [0.4, 0.5) is 0 Å². The summed E-state index contributed by atoms with van der Waals surface area (Å²) in [6, 6.07) is 20.4. The number of aromatic nitrogens is 1. The molecule has 8 heteroatoms. The molecule has 0 saturated carbocycles. The fourth-order valence-corrected chi connectivity index (χ4v) is 5.60. The second-order valence-electron chi connectivity index (χ2n) is 9.58. The lowest BCUT2D eigenvalue weighted by Crippen LogP contribution is -2.53. The Labute approximate surface area is 228 Å². The minimum atomic E-state index is -0.750. The highest BCUT2D eigenvalue weighted by atomic mass is 32.1. The second-order valence-corrected chi connectivity index (χ2v) is 10.8. The third-order valence-corrected chi connectivity index (χ3v) is 7.84. The molecule has 0 unspecified atom stereocenters. The Morgan fingerprint density at radius 2 is 1.61 bits per heavy atom. The third-order valence-electron chi connectivity index (χ3n) is 6.63. The van der Waals surface area contributed by atoms with E-state index in [0.29, 0.717) is 19.4 Å². The van der Waals surface area contributed by atoms with Crippen molar-refractivity contribution in [1.82, 2.24) is 15.6 Å². The van der Waals surface area contributed by atoms with Gasteiger partial charge in [0.05, 0.1) is 6.04 Å². The number of H-pyrrole nitrogens is 1. The first kappa shape index (κ1) is 27.6. The van der Waals surface area contributed by atoms with E-state index in [1.165, 1.54) is 9.75 Å². The number of fused-ring (bicyclic) bond motifs is 1. The van der Waals surface area contributed by atoms with Gasteiger partial charge in [-0.3, -0.25) is 9.59 Å². The lowest BCUT2D eigenvalue weighted by atomic mass is 10.0. The summed E-state index contributed by atoms with van der Waals surface area (Å²) in [5.41, 5.74) is 14.8. The number of hydrogen-bond donors (Lipinski definition) is 5. The van der Waals surface area contributed by atoms with Crippen LogP contribution in [0.2, 0.25) is 0 Å². The lowest BCUT2D eigenvalue weighted by molar-refractivity contribution is -0.129. The number of carbonyl (C=O) groups is 2. The van der Waals surface area contributed by atoms with Crippen molar-refractivity contribution in [1.29, 1.82) is 0 Å². The Balaban J connectivity index is 1.39. The topological polar surface area (TPSA) is 126 Å². The van der Waals surface area contributed by atoms with Crippen molar-refractivity contribution in [2.24, 2.45) is 11.5 Å². The normalized spacial score (nSPS) is 12.8. The molecule has 0 aliphatic heterocycles. The number of aromatic amines is 1. The molecule has 0 radical (unpaired) electrons. The van der Waals surface area contributed by atoms with Gasteiger partial charge in [0.2, 0.25) is 11.8 Å². The Morgan fingerprint density at radius 1 is 0.868 bits per heavy atom. The average molecular weight is 532 g/mol. The molecule has 0 fully saturated rings. The Kier molecular flexibility index (Phi) is 10.1. The van der Waals surface area contributed by atoms with Gasteiger partial charge in [-0.05, 0) is 68.0 Å². The van der Waals surface area contributed by atoms with Crippen LogP contribution in [0, 0.1) is 0 Å². The van der Waals surface area contributed by atoms with Crippen LogP contribution in [-0.2, 0) is 35.3 Å². The number of nitrogens with two attached hydrogens (primary N) is 2. The molecule has 4 rings (SSSR count). The largest absolute Gasteiger partial charge is 0.361 e. The molecule has 2 aromatic heterocycles. The molecule has 0 bridgehead atoms. The summed E-state index contributed by atoms with van der Waals surface area (Å²) in [5, 5.41) is 6.99. The maximum Gasteiger partial charge on any atom is 0.242 e. The van der Waals surface area contributed by atoms with Gasteiger partial charge in [-0.1, -0.05) is 48.5 Å². The van der Waals surface area contributed by atoms with Gasteiger partial charge < -0.3 is 27.1 Å². The molecule has 200 valence electrons. The number of amides is 2. The number of aryl methyl sites for hydroxylation is 1. The summed E-state index contributed by atoms with van der Waals surface area (Å²) in [6.45, 7) is 1.22. The van der Waals surface area contributed by atoms with Gasteiger partial charge in [0.25, 0.3) is 0 Å². The second kappa shape index (κ2) is 13.9. The first-order chi connectivity index (χ1) is 18.5.